The van der Waals surface area contributed by atoms with Crippen molar-refractivity contribution in [2.75, 3.05) is 27.2 Å². The fourth-order valence-electron chi connectivity index (χ4n) is 4.43. The number of aromatic nitrogens is 2. The standard InChI is InChI=1S/C26H29N5O2.C2HF3O2/c1-29(2)18-21-10-7-13-31(21)17-20-9-4-5-12-23(20)24-16-28-30(3)26(32)25(24)33-22-11-6-8-19(14-22)15-27;3-2(4,5)1(6)7/h4-6,8-9,11-12,14,16,21H,7,10,13,17-18H2,1-3H3;(H,6,7). The average molecular weight is 558 g/mol. The molecule has 0 aliphatic carbocycles. The highest BCUT2D eigenvalue weighted by Crippen LogP contribution is 2.34. The molecule has 0 radical (unpaired) electrons. The summed E-state index contributed by atoms with van der Waals surface area (Å²) in [6, 6.07) is 17.6. The minimum Gasteiger partial charge on any atom is -0.475 e. The normalized spacial score (nSPS) is 15.3. The number of benzene rings is 2. The lowest BCUT2D eigenvalue weighted by atomic mass is 10.00. The van der Waals surface area contributed by atoms with E-state index in [-0.39, 0.29) is 11.3 Å². The molecule has 0 spiro atoms. The van der Waals surface area contributed by atoms with Gasteiger partial charge in [0.05, 0.1) is 23.4 Å². The van der Waals surface area contributed by atoms with Gasteiger partial charge < -0.3 is 14.7 Å². The Hall–Kier alpha value is -4.21. The van der Waals surface area contributed by atoms with Crippen LogP contribution in [-0.2, 0) is 18.4 Å². The van der Waals surface area contributed by atoms with E-state index in [9.17, 15) is 23.2 Å². The summed E-state index contributed by atoms with van der Waals surface area (Å²) >= 11 is 0. The number of hydrogen-bond acceptors (Lipinski definition) is 7. The van der Waals surface area contributed by atoms with Crippen LogP contribution in [0.5, 0.6) is 11.5 Å². The smallest absolute Gasteiger partial charge is 0.475 e. The van der Waals surface area contributed by atoms with Crippen LogP contribution < -0.4 is 10.3 Å². The third-order valence-corrected chi connectivity index (χ3v) is 6.27. The molecule has 9 nitrogen and oxygen atoms in total. The van der Waals surface area contributed by atoms with Crippen LogP contribution in [0.1, 0.15) is 24.0 Å². The quantitative estimate of drug-likeness (QED) is 0.459. The number of aliphatic carboxylic acids is 1. The Labute approximate surface area is 229 Å². The third kappa shape index (κ3) is 7.91. The molecule has 1 N–H and O–H groups in total. The van der Waals surface area contributed by atoms with E-state index in [0.717, 1.165) is 30.8 Å². The van der Waals surface area contributed by atoms with Gasteiger partial charge in [-0.3, -0.25) is 9.69 Å². The first-order valence-electron chi connectivity index (χ1n) is 12.4. The van der Waals surface area contributed by atoms with E-state index >= 15 is 0 Å². The van der Waals surface area contributed by atoms with Crippen LogP contribution in [0.4, 0.5) is 13.2 Å². The fourth-order valence-corrected chi connectivity index (χ4v) is 4.43. The van der Waals surface area contributed by atoms with E-state index in [2.05, 4.69) is 41.1 Å². The lowest BCUT2D eigenvalue weighted by molar-refractivity contribution is -0.192. The number of likely N-dealkylation sites (tertiary alicyclic amines) is 1. The Morgan fingerprint density at radius 1 is 1.20 bits per heavy atom. The van der Waals surface area contributed by atoms with Crippen LogP contribution >= 0.6 is 0 Å². The lowest BCUT2D eigenvalue weighted by Crippen LogP contribution is -2.37. The van der Waals surface area contributed by atoms with Crippen molar-refractivity contribution in [2.45, 2.75) is 31.6 Å². The zero-order valence-corrected chi connectivity index (χ0v) is 22.4. The number of likely N-dealkylation sites (N-methyl/N-ethyl adjacent to an activating group) is 1. The summed E-state index contributed by atoms with van der Waals surface area (Å²) in [6.45, 7) is 2.89. The molecule has 4 rings (SSSR count). The summed E-state index contributed by atoms with van der Waals surface area (Å²) in [4.78, 5) is 26.7. The van der Waals surface area contributed by atoms with E-state index in [1.807, 2.05) is 18.2 Å². The molecule has 1 saturated heterocycles. The van der Waals surface area contributed by atoms with Gasteiger partial charge in [-0.05, 0) is 62.8 Å². The zero-order valence-electron chi connectivity index (χ0n) is 22.4. The molecular weight excluding hydrogens is 527 g/mol. The van der Waals surface area contributed by atoms with Crippen LogP contribution in [0.15, 0.2) is 59.5 Å². The maximum Gasteiger partial charge on any atom is 0.490 e. The first kappa shape index (κ1) is 30.3. The van der Waals surface area contributed by atoms with Crippen LogP contribution in [0.25, 0.3) is 11.1 Å². The molecule has 12 heteroatoms. The van der Waals surface area contributed by atoms with E-state index in [1.54, 1.807) is 37.5 Å². The predicted octanol–water partition coefficient (Wildman–Crippen LogP) is 4.27. The Kier molecular flexibility index (Phi) is 10.0. The van der Waals surface area contributed by atoms with E-state index in [4.69, 9.17) is 14.6 Å². The van der Waals surface area contributed by atoms with Crippen molar-refractivity contribution in [2.24, 2.45) is 7.05 Å². The van der Waals surface area contributed by atoms with Crippen molar-refractivity contribution in [1.82, 2.24) is 19.6 Å². The van der Waals surface area contributed by atoms with Gasteiger partial charge in [0.1, 0.15) is 5.75 Å². The van der Waals surface area contributed by atoms with Gasteiger partial charge in [-0.1, -0.05) is 30.3 Å². The van der Waals surface area contributed by atoms with Crippen molar-refractivity contribution < 1.29 is 27.8 Å². The summed E-state index contributed by atoms with van der Waals surface area (Å²) in [6.07, 6.45) is -1.01. The number of hydrogen-bond donors (Lipinski definition) is 1. The number of ether oxygens (including phenoxy) is 1. The molecule has 1 aliphatic heterocycles. The zero-order chi connectivity index (χ0) is 29.4. The summed E-state index contributed by atoms with van der Waals surface area (Å²) < 4.78 is 39.1. The van der Waals surface area contributed by atoms with Crippen molar-refractivity contribution >= 4 is 5.97 Å². The summed E-state index contributed by atoms with van der Waals surface area (Å²) in [5.41, 5.74) is 2.87. The summed E-state index contributed by atoms with van der Waals surface area (Å²) in [5.74, 6) is -2.10. The number of carbonyl (C=O) groups is 1. The van der Waals surface area contributed by atoms with Gasteiger partial charge >= 0.3 is 17.7 Å². The second-order valence-corrected chi connectivity index (χ2v) is 9.55. The van der Waals surface area contributed by atoms with Gasteiger partial charge in [-0.2, -0.15) is 23.5 Å². The number of nitrogens with zero attached hydrogens (tertiary/aromatic N) is 5. The number of carboxylic acids is 1. The van der Waals surface area contributed by atoms with Crippen LogP contribution in [-0.4, -0.2) is 70.1 Å². The average Bonchev–Trinajstić information content (AvgIpc) is 3.33. The molecule has 0 bridgehead atoms. The van der Waals surface area contributed by atoms with Crippen LogP contribution in [0.2, 0.25) is 0 Å². The van der Waals surface area contributed by atoms with Crippen molar-refractivity contribution in [3.63, 3.8) is 0 Å². The van der Waals surface area contributed by atoms with E-state index < -0.39 is 12.1 Å². The van der Waals surface area contributed by atoms with Gasteiger partial charge in [-0.25, -0.2) is 9.48 Å². The minimum absolute atomic E-state index is 0.210. The number of nitriles is 1. The molecule has 1 unspecified atom stereocenters. The van der Waals surface area contributed by atoms with Crippen LogP contribution in [0.3, 0.4) is 0 Å². The fraction of sp³-hybridized carbons (Fsp3) is 0.357. The Balaban J connectivity index is 0.000000559. The van der Waals surface area contributed by atoms with E-state index in [0.29, 0.717) is 22.9 Å². The highest BCUT2D eigenvalue weighted by molar-refractivity contribution is 5.73. The molecule has 1 atom stereocenters. The largest absolute Gasteiger partial charge is 0.490 e. The minimum atomic E-state index is -5.08. The van der Waals surface area contributed by atoms with E-state index in [1.165, 1.54) is 17.5 Å². The number of halogens is 3. The van der Waals surface area contributed by atoms with Crippen LogP contribution in [0, 0.1) is 11.3 Å². The monoisotopic (exact) mass is 557 g/mol. The molecular formula is C28H30F3N5O4. The van der Waals surface area contributed by atoms with Crippen molar-refractivity contribution in [1.29, 1.82) is 5.26 Å². The highest BCUT2D eigenvalue weighted by atomic mass is 19.4. The Morgan fingerprint density at radius 3 is 2.55 bits per heavy atom. The van der Waals surface area contributed by atoms with Crippen molar-refractivity contribution in [3.05, 3.63) is 76.2 Å². The van der Waals surface area contributed by atoms with Gasteiger partial charge in [0.15, 0.2) is 0 Å². The second-order valence-electron chi connectivity index (χ2n) is 9.55. The lowest BCUT2D eigenvalue weighted by Gasteiger charge is -2.28. The number of carboxylic acid groups (broad SMARTS) is 1. The van der Waals surface area contributed by atoms with Gasteiger partial charge in [0, 0.05) is 26.2 Å². The second kappa shape index (κ2) is 13.2. The SMILES string of the molecule is CN(C)CC1CCCN1Cc1ccccc1-c1cnn(C)c(=O)c1Oc1cccc(C#N)c1.O=C(O)C(F)(F)F. The molecule has 212 valence electrons. The van der Waals surface area contributed by atoms with Gasteiger partial charge in [-0.15, -0.1) is 0 Å². The number of aryl methyl sites for hydroxylation is 1. The summed E-state index contributed by atoms with van der Waals surface area (Å²) in [5, 5.41) is 20.6. The molecule has 40 heavy (non-hydrogen) atoms. The maximum atomic E-state index is 13.0. The highest BCUT2D eigenvalue weighted by Gasteiger charge is 2.38. The topological polar surface area (TPSA) is 112 Å². The Morgan fingerprint density at radius 2 is 1.90 bits per heavy atom. The molecule has 2 aromatic carbocycles. The molecule has 0 saturated carbocycles. The maximum absolute atomic E-state index is 13.0. The molecule has 2 heterocycles. The number of alkyl halides is 3. The Bertz CT molecular complexity index is 1430. The first-order chi connectivity index (χ1) is 18.9. The molecule has 1 fully saturated rings. The molecule has 1 aromatic heterocycles. The first-order valence-corrected chi connectivity index (χ1v) is 12.4. The van der Waals surface area contributed by atoms with Gasteiger partial charge in [0.2, 0.25) is 5.75 Å². The predicted molar refractivity (Wildman–Crippen MR) is 142 cm³/mol. The molecule has 3 aromatic rings. The summed E-state index contributed by atoms with van der Waals surface area (Å²) in [7, 11) is 5.83. The molecule has 1 aliphatic rings. The number of rotatable bonds is 7. The molecule has 0 amide bonds. The third-order valence-electron chi connectivity index (χ3n) is 6.27. The van der Waals surface area contributed by atoms with Crippen molar-refractivity contribution in [3.8, 4) is 28.7 Å². The van der Waals surface area contributed by atoms with Gasteiger partial charge in [0.25, 0.3) is 0 Å².